The molecule has 0 saturated carbocycles. The predicted octanol–water partition coefficient (Wildman–Crippen LogP) is 8.88. The highest BCUT2D eigenvalue weighted by molar-refractivity contribution is 7.24. The first-order chi connectivity index (χ1) is 33.7. The standard InChI is InChI=1S/2C26H31N5OS.CH2O2/c2*1-18-14-19(6-7-21(18)16-27)22-17-31-23-9-8-20(15-24(23)33-26(31)29-22)25(32)28-10-5-13-30-11-3-2-4-12-30;2-1-3/h2*6-9,14-15,17H,2-5,10-13,16,27H2,1H3,(H,28,32);1H,(H,2,3). The zero-order valence-electron chi connectivity index (χ0n) is 39.7. The molecule has 0 radical (unpaired) electrons. The van der Waals surface area contributed by atoms with Crippen LogP contribution in [-0.4, -0.2) is 104 Å². The molecule has 16 heteroatoms. The van der Waals surface area contributed by atoms with Crippen LogP contribution < -0.4 is 22.1 Å². The summed E-state index contributed by atoms with van der Waals surface area (Å²) < 4.78 is 6.36. The lowest BCUT2D eigenvalue weighted by Gasteiger charge is -2.26. The molecule has 4 aromatic carbocycles. The fourth-order valence-corrected chi connectivity index (χ4v) is 11.4. The second kappa shape index (κ2) is 23.5. The summed E-state index contributed by atoms with van der Waals surface area (Å²) in [6, 6.07) is 24.4. The number of thiazole rings is 2. The fourth-order valence-electron chi connectivity index (χ4n) is 9.31. The zero-order valence-corrected chi connectivity index (χ0v) is 41.3. The van der Waals surface area contributed by atoms with Gasteiger partial charge < -0.3 is 37.0 Å². The third-order valence-electron chi connectivity index (χ3n) is 13.2. The second-order valence-electron chi connectivity index (χ2n) is 17.9. The number of carbonyl (C=O) groups is 3. The van der Waals surface area contributed by atoms with Crippen molar-refractivity contribution in [1.29, 1.82) is 0 Å². The number of likely N-dealkylation sites (tertiary alicyclic amines) is 2. The highest BCUT2D eigenvalue weighted by Gasteiger charge is 2.17. The topological polar surface area (TPSA) is 189 Å². The predicted molar refractivity (Wildman–Crippen MR) is 280 cm³/mol. The SMILES string of the molecule is Cc1cc(-c2cn3c(n2)sc2cc(C(=O)NCCCN4CCCCC4)ccc23)ccc1CN.Cc1cc(-c2cn3c(n2)sc2cc(C(=O)NCCCN4CCCCC4)ccc23)ccc1CN.O=CO. The smallest absolute Gasteiger partial charge is 0.290 e. The van der Waals surface area contributed by atoms with E-state index in [1.807, 2.05) is 36.4 Å². The number of imidazole rings is 2. The number of nitrogens with zero attached hydrogens (tertiary/aromatic N) is 6. The Morgan fingerprint density at radius 3 is 1.41 bits per heavy atom. The molecule has 2 aliphatic rings. The zero-order chi connectivity index (χ0) is 48.3. The normalized spacial score (nSPS) is 14.4. The van der Waals surface area contributed by atoms with Gasteiger partial charge in [-0.05, 0) is 162 Å². The molecule has 10 rings (SSSR count). The van der Waals surface area contributed by atoms with Crippen molar-refractivity contribution >= 4 is 71.3 Å². The Morgan fingerprint density at radius 2 is 1.03 bits per heavy atom. The van der Waals surface area contributed by atoms with Crippen molar-refractivity contribution in [2.45, 2.75) is 78.3 Å². The average Bonchev–Trinajstić information content (AvgIpc) is 4.15. The number of carbonyl (C=O) groups excluding carboxylic acids is 2. The first-order valence-electron chi connectivity index (χ1n) is 24.2. The van der Waals surface area contributed by atoms with Crippen LogP contribution in [0.25, 0.3) is 52.9 Å². The summed E-state index contributed by atoms with van der Waals surface area (Å²) in [4.78, 5) is 50.2. The third-order valence-corrected chi connectivity index (χ3v) is 15.2. The third kappa shape index (κ3) is 12.1. The molecule has 14 nitrogen and oxygen atoms in total. The van der Waals surface area contributed by atoms with Crippen molar-refractivity contribution < 1.29 is 19.5 Å². The van der Waals surface area contributed by atoms with Gasteiger partial charge in [-0.1, -0.05) is 59.8 Å². The summed E-state index contributed by atoms with van der Waals surface area (Å²) in [5.41, 5.74) is 23.9. The lowest BCUT2D eigenvalue weighted by Crippen LogP contribution is -2.33. The van der Waals surface area contributed by atoms with E-state index in [1.54, 1.807) is 22.7 Å². The summed E-state index contributed by atoms with van der Waals surface area (Å²) >= 11 is 3.23. The summed E-state index contributed by atoms with van der Waals surface area (Å²) in [7, 11) is 0. The molecule has 69 heavy (non-hydrogen) atoms. The lowest BCUT2D eigenvalue weighted by molar-refractivity contribution is -0.122. The van der Waals surface area contributed by atoms with Crippen LogP contribution in [0, 0.1) is 13.8 Å². The maximum absolute atomic E-state index is 12.7. The molecule has 2 saturated heterocycles. The van der Waals surface area contributed by atoms with E-state index in [0.29, 0.717) is 37.3 Å². The number of hydrogen-bond acceptors (Lipinski definition) is 11. The van der Waals surface area contributed by atoms with Crippen LogP contribution in [0.2, 0.25) is 0 Å². The van der Waals surface area contributed by atoms with Crippen LogP contribution in [-0.2, 0) is 17.9 Å². The van der Waals surface area contributed by atoms with E-state index in [2.05, 4.69) is 91.9 Å². The van der Waals surface area contributed by atoms with E-state index >= 15 is 0 Å². The maximum atomic E-state index is 12.7. The van der Waals surface area contributed by atoms with Crippen molar-refractivity contribution in [3.63, 3.8) is 0 Å². The summed E-state index contributed by atoms with van der Waals surface area (Å²) in [5, 5.41) is 13.1. The summed E-state index contributed by atoms with van der Waals surface area (Å²) in [6.45, 7) is 13.4. The number of aryl methyl sites for hydroxylation is 2. The van der Waals surface area contributed by atoms with Gasteiger partial charge in [0, 0.05) is 60.8 Å². The van der Waals surface area contributed by atoms with Gasteiger partial charge in [-0.3, -0.25) is 23.2 Å². The van der Waals surface area contributed by atoms with Gasteiger partial charge in [0.05, 0.1) is 31.8 Å². The van der Waals surface area contributed by atoms with Crippen molar-refractivity contribution in [3.8, 4) is 22.5 Å². The minimum absolute atomic E-state index is 0.00209. The number of benzene rings is 4. The number of piperidine rings is 2. The van der Waals surface area contributed by atoms with E-state index in [0.717, 1.165) is 89.9 Å². The number of nitrogens with two attached hydrogens (primary N) is 2. The van der Waals surface area contributed by atoms with Crippen molar-refractivity contribution in [1.82, 2.24) is 39.2 Å². The van der Waals surface area contributed by atoms with Gasteiger partial charge >= 0.3 is 0 Å². The van der Waals surface area contributed by atoms with E-state index in [1.165, 1.54) is 75.8 Å². The van der Waals surface area contributed by atoms with Crippen molar-refractivity contribution in [2.75, 3.05) is 52.4 Å². The number of carboxylic acid groups (broad SMARTS) is 1. The van der Waals surface area contributed by atoms with Crippen LogP contribution in [0.15, 0.2) is 85.2 Å². The molecule has 8 aromatic rings. The molecule has 0 atom stereocenters. The Hall–Kier alpha value is -6.01. The molecule has 2 amide bonds. The molecule has 0 bridgehead atoms. The highest BCUT2D eigenvalue weighted by atomic mass is 32.1. The lowest BCUT2D eigenvalue weighted by atomic mass is 10.0. The van der Waals surface area contributed by atoms with Crippen LogP contribution in [0.4, 0.5) is 0 Å². The largest absolute Gasteiger partial charge is 0.483 e. The molecule has 362 valence electrons. The highest BCUT2D eigenvalue weighted by Crippen LogP contribution is 2.33. The fraction of sp³-hybridized carbons (Fsp3) is 0.377. The number of amides is 2. The van der Waals surface area contributed by atoms with Gasteiger partial charge in [-0.2, -0.15) is 0 Å². The molecular formula is C53H64N10O4S2. The van der Waals surface area contributed by atoms with Gasteiger partial charge in [-0.25, -0.2) is 9.97 Å². The Bertz CT molecular complexity index is 2830. The molecule has 2 aliphatic heterocycles. The molecular weight excluding hydrogens is 905 g/mol. The summed E-state index contributed by atoms with van der Waals surface area (Å²) in [5.74, 6) is -0.00418. The minimum atomic E-state index is -0.250. The number of rotatable bonds is 14. The molecule has 2 fully saturated rings. The van der Waals surface area contributed by atoms with Crippen LogP contribution >= 0.6 is 22.7 Å². The number of hydrogen-bond donors (Lipinski definition) is 5. The van der Waals surface area contributed by atoms with Gasteiger partial charge in [0.15, 0.2) is 9.92 Å². The number of fused-ring (bicyclic) bond motifs is 6. The van der Waals surface area contributed by atoms with Gasteiger partial charge in [-0.15, -0.1) is 0 Å². The monoisotopic (exact) mass is 968 g/mol. The number of nitrogens with one attached hydrogen (secondary N) is 2. The van der Waals surface area contributed by atoms with E-state index < -0.39 is 0 Å². The maximum Gasteiger partial charge on any atom is 0.290 e. The Kier molecular flexibility index (Phi) is 16.9. The number of aromatic nitrogens is 4. The quantitative estimate of drug-likeness (QED) is 0.0520. The van der Waals surface area contributed by atoms with E-state index in [4.69, 9.17) is 31.3 Å². The Labute approximate surface area is 411 Å². The molecule has 6 heterocycles. The second-order valence-corrected chi connectivity index (χ2v) is 20.0. The van der Waals surface area contributed by atoms with E-state index in [-0.39, 0.29) is 18.3 Å². The Balaban J connectivity index is 0.000000176. The summed E-state index contributed by atoms with van der Waals surface area (Å²) in [6.07, 6.45) is 14.1. The van der Waals surface area contributed by atoms with Gasteiger partial charge in [0.2, 0.25) is 0 Å². The van der Waals surface area contributed by atoms with E-state index in [9.17, 15) is 9.59 Å². The van der Waals surface area contributed by atoms with Crippen LogP contribution in [0.3, 0.4) is 0 Å². The molecule has 4 aromatic heterocycles. The van der Waals surface area contributed by atoms with Crippen LogP contribution in [0.1, 0.15) is 94.3 Å². The first-order valence-corrected chi connectivity index (χ1v) is 25.8. The first kappa shape index (κ1) is 49.4. The molecule has 7 N–H and O–H groups in total. The Morgan fingerprint density at radius 1 is 0.623 bits per heavy atom. The molecule has 0 aliphatic carbocycles. The van der Waals surface area contributed by atoms with Gasteiger partial charge in [0.1, 0.15) is 0 Å². The van der Waals surface area contributed by atoms with Gasteiger partial charge in [0.25, 0.3) is 18.3 Å². The van der Waals surface area contributed by atoms with Crippen molar-refractivity contribution in [2.24, 2.45) is 11.5 Å². The molecule has 0 spiro atoms. The molecule has 0 unspecified atom stereocenters. The van der Waals surface area contributed by atoms with Crippen molar-refractivity contribution in [3.05, 3.63) is 119 Å². The minimum Gasteiger partial charge on any atom is -0.483 e. The van der Waals surface area contributed by atoms with Crippen LogP contribution in [0.5, 0.6) is 0 Å². The average molecular weight is 969 g/mol.